The monoisotopic (exact) mass is 374 g/mol. The molecule has 0 spiro atoms. The summed E-state index contributed by atoms with van der Waals surface area (Å²) in [6.45, 7) is 6.50. The Labute approximate surface area is 159 Å². The number of hydroxylamine groups is 2. The van der Waals surface area contributed by atoms with E-state index in [2.05, 4.69) is 0 Å². The van der Waals surface area contributed by atoms with Crippen LogP contribution in [0, 0.1) is 11.8 Å². The van der Waals surface area contributed by atoms with Crippen LogP contribution >= 0.6 is 0 Å². The van der Waals surface area contributed by atoms with Crippen molar-refractivity contribution in [2.24, 2.45) is 11.8 Å². The lowest BCUT2D eigenvalue weighted by Crippen LogP contribution is -2.49. The fourth-order valence-electron chi connectivity index (χ4n) is 3.68. The molecule has 2 aliphatic heterocycles. The van der Waals surface area contributed by atoms with E-state index in [4.69, 9.17) is 9.57 Å². The van der Waals surface area contributed by atoms with Gasteiger partial charge in [0.25, 0.3) is 0 Å². The lowest BCUT2D eigenvalue weighted by Gasteiger charge is -2.31. The van der Waals surface area contributed by atoms with Crippen LogP contribution in [-0.2, 0) is 14.4 Å². The lowest BCUT2D eigenvalue weighted by atomic mass is 9.96. The molecule has 1 aromatic rings. The summed E-state index contributed by atoms with van der Waals surface area (Å²) in [6.07, 6.45) is 0.962. The summed E-state index contributed by atoms with van der Waals surface area (Å²) in [7, 11) is 0. The maximum absolute atomic E-state index is 13.0. The first-order chi connectivity index (χ1) is 12.9. The molecule has 2 saturated heterocycles. The molecular weight excluding hydrogens is 348 g/mol. The molecule has 3 rings (SSSR count). The molecule has 2 heterocycles. The van der Waals surface area contributed by atoms with Crippen LogP contribution in [0.15, 0.2) is 30.3 Å². The predicted octanol–water partition coefficient (Wildman–Crippen LogP) is 2.86. The summed E-state index contributed by atoms with van der Waals surface area (Å²) in [5.74, 6) is -1.09. The number of nitrogens with zero attached hydrogens (tertiary/aromatic N) is 2. The molecule has 2 amide bonds. The minimum absolute atomic E-state index is 0.114. The summed E-state index contributed by atoms with van der Waals surface area (Å²) in [5.41, 5.74) is 0.463. The van der Waals surface area contributed by atoms with Crippen LogP contribution in [0.1, 0.15) is 44.0 Å². The molecule has 7 nitrogen and oxygen atoms in total. The van der Waals surface area contributed by atoms with E-state index in [-0.39, 0.29) is 30.5 Å². The van der Waals surface area contributed by atoms with Gasteiger partial charge in [-0.1, -0.05) is 39.0 Å². The largest absolute Gasteiger partial charge is 0.447 e. The van der Waals surface area contributed by atoms with Crippen LogP contribution in [-0.4, -0.2) is 53.2 Å². The van der Waals surface area contributed by atoms with Crippen molar-refractivity contribution in [3.63, 3.8) is 0 Å². The molecule has 27 heavy (non-hydrogen) atoms. The van der Waals surface area contributed by atoms with Gasteiger partial charge in [0.2, 0.25) is 5.91 Å². The standard InChI is InChI=1S/C20H26N2O5/c1-13(2)17-12-26-20(25)22(17)18(23)14(3)16-10-7-11-21(16)27-19(24)15-8-5-4-6-9-15/h4-6,8-9,13-14,16-17H,7,10-12H2,1-3H3/t14-,16-,17-/m1/s1. The Balaban J connectivity index is 1.69. The predicted molar refractivity (Wildman–Crippen MR) is 97.6 cm³/mol. The first-order valence-corrected chi connectivity index (χ1v) is 9.44. The fourth-order valence-corrected chi connectivity index (χ4v) is 3.68. The molecule has 0 aromatic heterocycles. The molecule has 0 N–H and O–H groups in total. The first-order valence-electron chi connectivity index (χ1n) is 9.44. The number of hydrogen-bond acceptors (Lipinski definition) is 6. The number of benzene rings is 1. The maximum atomic E-state index is 13.0. The van der Waals surface area contributed by atoms with Gasteiger partial charge in [-0.05, 0) is 30.9 Å². The number of cyclic esters (lactones) is 1. The average molecular weight is 374 g/mol. The van der Waals surface area contributed by atoms with E-state index >= 15 is 0 Å². The third-order valence-corrected chi connectivity index (χ3v) is 5.34. The normalized spacial score (nSPS) is 24.1. The van der Waals surface area contributed by atoms with Crippen molar-refractivity contribution in [2.45, 2.75) is 45.7 Å². The van der Waals surface area contributed by atoms with Gasteiger partial charge in [0.05, 0.1) is 23.6 Å². The van der Waals surface area contributed by atoms with Crippen molar-refractivity contribution in [3.05, 3.63) is 35.9 Å². The highest BCUT2D eigenvalue weighted by molar-refractivity contribution is 5.95. The molecule has 0 radical (unpaired) electrons. The minimum Gasteiger partial charge on any atom is -0.447 e. The van der Waals surface area contributed by atoms with Crippen molar-refractivity contribution in [1.82, 2.24) is 9.96 Å². The fraction of sp³-hybridized carbons (Fsp3) is 0.550. The van der Waals surface area contributed by atoms with Crippen LogP contribution < -0.4 is 0 Å². The van der Waals surface area contributed by atoms with Crippen molar-refractivity contribution < 1.29 is 24.0 Å². The molecule has 0 aliphatic carbocycles. The molecule has 146 valence electrons. The van der Waals surface area contributed by atoms with E-state index in [9.17, 15) is 14.4 Å². The SMILES string of the molecule is CC(C)[C@H]1COC(=O)N1C(=O)[C@H](C)[C@H]1CCCN1OC(=O)c1ccccc1. The topological polar surface area (TPSA) is 76.2 Å². The Morgan fingerprint density at radius 3 is 2.52 bits per heavy atom. The number of ether oxygens (including phenoxy) is 1. The number of carbonyl (C=O) groups is 3. The molecule has 3 atom stereocenters. The molecule has 0 bridgehead atoms. The van der Waals surface area contributed by atoms with E-state index < -0.39 is 18.0 Å². The molecule has 0 saturated carbocycles. The number of hydrogen-bond donors (Lipinski definition) is 0. The Kier molecular flexibility index (Phi) is 5.79. The third kappa shape index (κ3) is 3.98. The Morgan fingerprint density at radius 2 is 1.85 bits per heavy atom. The smallest absolute Gasteiger partial charge is 0.416 e. The van der Waals surface area contributed by atoms with Crippen molar-refractivity contribution in [1.29, 1.82) is 0 Å². The van der Waals surface area contributed by atoms with Gasteiger partial charge in [0.1, 0.15) is 6.61 Å². The zero-order chi connectivity index (χ0) is 19.6. The Hall–Kier alpha value is -2.41. The Bertz CT molecular complexity index is 706. The van der Waals surface area contributed by atoms with E-state index in [1.54, 1.807) is 36.3 Å². The second-order valence-corrected chi connectivity index (χ2v) is 7.48. The number of imide groups is 1. The summed E-state index contributed by atoms with van der Waals surface area (Å²) >= 11 is 0. The summed E-state index contributed by atoms with van der Waals surface area (Å²) in [5, 5.41) is 1.59. The summed E-state index contributed by atoms with van der Waals surface area (Å²) in [6, 6.07) is 8.24. The van der Waals surface area contributed by atoms with Gasteiger partial charge in [0.15, 0.2) is 0 Å². The second kappa shape index (κ2) is 8.08. The number of carbonyl (C=O) groups excluding carboxylic acids is 3. The van der Waals surface area contributed by atoms with E-state index in [0.717, 1.165) is 12.8 Å². The van der Waals surface area contributed by atoms with Gasteiger partial charge in [-0.25, -0.2) is 14.5 Å². The van der Waals surface area contributed by atoms with Gasteiger partial charge in [-0.15, -0.1) is 5.06 Å². The van der Waals surface area contributed by atoms with Crippen LogP contribution in [0.5, 0.6) is 0 Å². The van der Waals surface area contributed by atoms with Gasteiger partial charge >= 0.3 is 12.1 Å². The first kappa shape index (κ1) is 19.4. The highest BCUT2D eigenvalue weighted by Gasteiger charge is 2.45. The van der Waals surface area contributed by atoms with Gasteiger partial charge in [0, 0.05) is 6.54 Å². The second-order valence-electron chi connectivity index (χ2n) is 7.48. The van der Waals surface area contributed by atoms with E-state index in [0.29, 0.717) is 12.1 Å². The molecule has 1 aromatic carbocycles. The Morgan fingerprint density at radius 1 is 1.15 bits per heavy atom. The van der Waals surface area contributed by atoms with Gasteiger partial charge in [-0.3, -0.25) is 4.79 Å². The highest BCUT2D eigenvalue weighted by Crippen LogP contribution is 2.29. The molecule has 0 unspecified atom stereocenters. The average Bonchev–Trinajstić information content (AvgIpc) is 3.27. The van der Waals surface area contributed by atoms with E-state index in [1.807, 2.05) is 19.9 Å². The summed E-state index contributed by atoms with van der Waals surface area (Å²) < 4.78 is 5.09. The summed E-state index contributed by atoms with van der Waals surface area (Å²) in [4.78, 5) is 44.2. The zero-order valence-electron chi connectivity index (χ0n) is 16.0. The maximum Gasteiger partial charge on any atom is 0.416 e. The number of amides is 2. The van der Waals surface area contributed by atoms with Crippen LogP contribution in [0.4, 0.5) is 4.79 Å². The van der Waals surface area contributed by atoms with Crippen molar-refractivity contribution in [2.75, 3.05) is 13.2 Å². The van der Waals surface area contributed by atoms with Gasteiger partial charge < -0.3 is 9.57 Å². The number of rotatable bonds is 5. The van der Waals surface area contributed by atoms with Crippen LogP contribution in [0.2, 0.25) is 0 Å². The zero-order valence-corrected chi connectivity index (χ0v) is 16.0. The molecule has 2 aliphatic rings. The highest BCUT2D eigenvalue weighted by atomic mass is 16.7. The third-order valence-electron chi connectivity index (χ3n) is 5.34. The van der Waals surface area contributed by atoms with Crippen LogP contribution in [0.25, 0.3) is 0 Å². The van der Waals surface area contributed by atoms with E-state index in [1.165, 1.54) is 4.90 Å². The molecular formula is C20H26N2O5. The van der Waals surface area contributed by atoms with Crippen molar-refractivity contribution >= 4 is 18.0 Å². The van der Waals surface area contributed by atoms with Gasteiger partial charge in [-0.2, -0.15) is 0 Å². The minimum atomic E-state index is -0.587. The molecule has 7 heteroatoms. The van der Waals surface area contributed by atoms with Crippen LogP contribution in [0.3, 0.4) is 0 Å². The molecule has 2 fully saturated rings. The van der Waals surface area contributed by atoms with Crippen molar-refractivity contribution in [3.8, 4) is 0 Å². The lowest BCUT2D eigenvalue weighted by molar-refractivity contribution is -0.151. The quantitative estimate of drug-likeness (QED) is 0.789.